The van der Waals surface area contributed by atoms with E-state index in [2.05, 4.69) is 15.6 Å². The van der Waals surface area contributed by atoms with Gasteiger partial charge in [-0.25, -0.2) is 9.78 Å². The van der Waals surface area contributed by atoms with Gasteiger partial charge < -0.3 is 20.1 Å². The van der Waals surface area contributed by atoms with Crippen LogP contribution in [0.4, 0.5) is 4.79 Å². The largest absolute Gasteiger partial charge is 0.494 e. The van der Waals surface area contributed by atoms with Gasteiger partial charge in [-0.05, 0) is 51.5 Å². The number of thiazole rings is 1. The predicted octanol–water partition coefficient (Wildman–Crippen LogP) is 3.74. The van der Waals surface area contributed by atoms with E-state index in [1.165, 1.54) is 18.3 Å². The monoisotopic (exact) mass is 405 g/mol. The van der Waals surface area contributed by atoms with Gasteiger partial charge >= 0.3 is 6.09 Å². The topological polar surface area (TPSA) is 89.6 Å². The maximum absolute atomic E-state index is 11.7. The molecule has 152 valence electrons. The van der Waals surface area contributed by atoms with E-state index in [0.29, 0.717) is 13.2 Å². The molecule has 0 atom stereocenters. The minimum Gasteiger partial charge on any atom is -0.494 e. The number of amides is 2. The third-order valence-electron chi connectivity index (χ3n) is 3.44. The normalized spacial score (nSPS) is 11.0. The number of hydrogen-bond acceptors (Lipinski definition) is 6. The molecule has 1 aromatic carbocycles. The highest BCUT2D eigenvalue weighted by Crippen LogP contribution is 2.27. The van der Waals surface area contributed by atoms with Crippen molar-refractivity contribution < 1.29 is 19.1 Å². The van der Waals surface area contributed by atoms with Crippen LogP contribution in [0.25, 0.3) is 10.6 Å². The maximum atomic E-state index is 11.7. The van der Waals surface area contributed by atoms with E-state index in [-0.39, 0.29) is 18.1 Å². The molecule has 28 heavy (non-hydrogen) atoms. The molecule has 0 radical (unpaired) electrons. The molecule has 2 rings (SSSR count). The summed E-state index contributed by atoms with van der Waals surface area (Å²) in [6, 6.07) is 7.67. The van der Waals surface area contributed by atoms with E-state index in [0.717, 1.165) is 27.6 Å². The number of nitrogens with one attached hydrogen (secondary N) is 2. The van der Waals surface area contributed by atoms with E-state index in [9.17, 15) is 9.59 Å². The molecule has 1 heterocycles. The van der Waals surface area contributed by atoms with E-state index in [4.69, 9.17) is 9.47 Å². The van der Waals surface area contributed by atoms with Crippen molar-refractivity contribution in [2.75, 3.05) is 13.2 Å². The molecule has 0 fully saturated rings. The zero-order valence-electron chi connectivity index (χ0n) is 16.7. The zero-order chi connectivity index (χ0) is 20.6. The Hall–Kier alpha value is -2.61. The van der Waals surface area contributed by atoms with Crippen LogP contribution in [0, 0.1) is 0 Å². The van der Waals surface area contributed by atoms with Crippen LogP contribution in [-0.2, 0) is 16.1 Å². The van der Waals surface area contributed by atoms with Crippen molar-refractivity contribution in [2.24, 2.45) is 0 Å². The van der Waals surface area contributed by atoms with Gasteiger partial charge in [-0.2, -0.15) is 0 Å². The number of benzene rings is 1. The third-order valence-corrected chi connectivity index (χ3v) is 4.46. The number of alkyl carbamates (subject to hydrolysis) is 1. The molecule has 7 nitrogen and oxygen atoms in total. The van der Waals surface area contributed by atoms with Crippen molar-refractivity contribution in [3.05, 3.63) is 35.3 Å². The number of aromatic nitrogens is 1. The first-order chi connectivity index (χ1) is 13.2. The summed E-state index contributed by atoms with van der Waals surface area (Å²) in [5, 5.41) is 6.34. The minimum absolute atomic E-state index is 0.0348. The van der Waals surface area contributed by atoms with E-state index in [1.54, 1.807) is 6.20 Å². The van der Waals surface area contributed by atoms with Gasteiger partial charge in [0.25, 0.3) is 0 Å². The zero-order valence-corrected chi connectivity index (χ0v) is 17.5. The quantitative estimate of drug-likeness (QED) is 0.653. The van der Waals surface area contributed by atoms with Crippen LogP contribution in [0.3, 0.4) is 0 Å². The lowest BCUT2D eigenvalue weighted by Crippen LogP contribution is -2.40. The molecule has 2 N–H and O–H groups in total. The molecule has 0 unspecified atom stereocenters. The fraction of sp³-hybridized carbons (Fsp3) is 0.450. The van der Waals surface area contributed by atoms with Crippen molar-refractivity contribution in [3.8, 4) is 16.3 Å². The van der Waals surface area contributed by atoms with E-state index >= 15 is 0 Å². The fourth-order valence-electron chi connectivity index (χ4n) is 2.21. The fourth-order valence-corrected chi connectivity index (χ4v) is 3.04. The van der Waals surface area contributed by atoms with Crippen molar-refractivity contribution in [3.63, 3.8) is 0 Å². The summed E-state index contributed by atoms with van der Waals surface area (Å²) in [5.41, 5.74) is 0.643. The van der Waals surface area contributed by atoms with Gasteiger partial charge in [0.2, 0.25) is 5.91 Å². The molecule has 0 bridgehead atoms. The van der Waals surface area contributed by atoms with Crippen molar-refractivity contribution in [1.29, 1.82) is 0 Å². The van der Waals surface area contributed by atoms with Crippen molar-refractivity contribution in [1.82, 2.24) is 15.6 Å². The van der Waals surface area contributed by atoms with Crippen molar-refractivity contribution in [2.45, 2.75) is 46.3 Å². The highest BCUT2D eigenvalue weighted by Gasteiger charge is 2.15. The average molecular weight is 406 g/mol. The first kappa shape index (κ1) is 21.7. The lowest BCUT2D eigenvalue weighted by atomic mass is 10.1. The van der Waals surface area contributed by atoms with Gasteiger partial charge in [-0.15, -0.1) is 11.3 Å². The highest BCUT2D eigenvalue weighted by atomic mass is 32.1. The second kappa shape index (κ2) is 10.1. The van der Waals surface area contributed by atoms with Gasteiger partial charge in [0.15, 0.2) is 0 Å². The second-order valence-corrected chi connectivity index (χ2v) is 8.41. The molecule has 0 spiro atoms. The van der Waals surface area contributed by atoms with Crippen LogP contribution in [0.2, 0.25) is 0 Å². The predicted molar refractivity (Wildman–Crippen MR) is 109 cm³/mol. The SMILES string of the molecule is CC(=O)NCCCOc1ccc(-c2ncc(COC(=O)NC(C)(C)C)s2)cc1. The molecule has 2 amide bonds. The van der Waals surface area contributed by atoms with Crippen LogP contribution in [-0.4, -0.2) is 35.7 Å². The summed E-state index contributed by atoms with van der Waals surface area (Å²) in [6.07, 6.45) is 2.03. The van der Waals surface area contributed by atoms with Gasteiger partial charge in [-0.3, -0.25) is 4.79 Å². The summed E-state index contributed by atoms with van der Waals surface area (Å²) >= 11 is 1.48. The Kier molecular flexibility index (Phi) is 7.80. The first-order valence-electron chi connectivity index (χ1n) is 9.10. The lowest BCUT2D eigenvalue weighted by Gasteiger charge is -2.19. The smallest absolute Gasteiger partial charge is 0.407 e. The molecular formula is C20H27N3O4S. The average Bonchev–Trinajstić information content (AvgIpc) is 3.07. The van der Waals surface area contributed by atoms with E-state index < -0.39 is 6.09 Å². The summed E-state index contributed by atoms with van der Waals surface area (Å²) < 4.78 is 10.9. The number of carbonyl (C=O) groups is 2. The molecule has 0 aliphatic heterocycles. The molecular weight excluding hydrogens is 378 g/mol. The number of rotatable bonds is 8. The Bertz CT molecular complexity index is 781. The number of nitrogens with zero attached hydrogens (tertiary/aromatic N) is 1. The number of hydrogen-bond donors (Lipinski definition) is 2. The van der Waals surface area contributed by atoms with Gasteiger partial charge in [0.1, 0.15) is 17.4 Å². The molecule has 0 aliphatic carbocycles. The van der Waals surface area contributed by atoms with Crippen LogP contribution in [0.1, 0.15) is 39.0 Å². The minimum atomic E-state index is -0.442. The van der Waals surface area contributed by atoms with Crippen LogP contribution in [0.5, 0.6) is 5.75 Å². The Morgan fingerprint density at radius 2 is 1.89 bits per heavy atom. The lowest BCUT2D eigenvalue weighted by molar-refractivity contribution is -0.118. The maximum Gasteiger partial charge on any atom is 0.407 e. The summed E-state index contributed by atoms with van der Waals surface area (Å²) in [5.74, 6) is 0.734. The molecule has 0 aliphatic rings. The molecule has 0 saturated heterocycles. The molecule has 1 aromatic heterocycles. The molecule has 0 saturated carbocycles. The van der Waals surface area contributed by atoms with Gasteiger partial charge in [-0.1, -0.05) is 0 Å². The Balaban J connectivity index is 1.81. The van der Waals surface area contributed by atoms with Crippen LogP contribution in [0.15, 0.2) is 30.5 Å². The van der Waals surface area contributed by atoms with Crippen molar-refractivity contribution >= 4 is 23.3 Å². The Morgan fingerprint density at radius 1 is 1.18 bits per heavy atom. The summed E-state index contributed by atoms with van der Waals surface area (Å²) in [7, 11) is 0. The Morgan fingerprint density at radius 3 is 2.54 bits per heavy atom. The van der Waals surface area contributed by atoms with Gasteiger partial charge in [0.05, 0.1) is 11.5 Å². The molecule has 8 heteroatoms. The third kappa shape index (κ3) is 7.96. The van der Waals surface area contributed by atoms with Crippen LogP contribution < -0.4 is 15.4 Å². The van der Waals surface area contributed by atoms with Gasteiger partial charge in [0, 0.05) is 30.8 Å². The summed E-state index contributed by atoms with van der Waals surface area (Å²) in [6.45, 7) is 8.52. The highest BCUT2D eigenvalue weighted by molar-refractivity contribution is 7.15. The molecule has 2 aromatic rings. The standard InChI is InChI=1S/C20H27N3O4S/c1-14(24)21-10-5-11-26-16-8-6-15(7-9-16)18-22-12-17(28-18)13-27-19(25)23-20(2,3)4/h6-9,12H,5,10-11,13H2,1-4H3,(H,21,24)(H,23,25). The second-order valence-electron chi connectivity index (χ2n) is 7.29. The Labute approximate surface area is 169 Å². The number of carbonyl (C=O) groups excluding carboxylic acids is 2. The summed E-state index contributed by atoms with van der Waals surface area (Å²) in [4.78, 5) is 27.8. The number of ether oxygens (including phenoxy) is 2. The first-order valence-corrected chi connectivity index (χ1v) is 9.92. The van der Waals surface area contributed by atoms with E-state index in [1.807, 2.05) is 45.0 Å². The van der Waals surface area contributed by atoms with Crippen LogP contribution >= 0.6 is 11.3 Å².